The minimum absolute atomic E-state index is 0.0332. The van der Waals surface area contributed by atoms with Crippen LogP contribution in [0.25, 0.3) is 10.2 Å². The van der Waals surface area contributed by atoms with Gasteiger partial charge in [0.2, 0.25) is 11.8 Å². The molecule has 0 fully saturated rings. The van der Waals surface area contributed by atoms with Crippen LogP contribution in [0, 0.1) is 5.92 Å². The van der Waals surface area contributed by atoms with Gasteiger partial charge < -0.3 is 15.4 Å². The summed E-state index contributed by atoms with van der Waals surface area (Å²) in [6, 6.07) is 14.5. The van der Waals surface area contributed by atoms with Crippen molar-refractivity contribution in [3.8, 4) is 11.5 Å². The Morgan fingerprint density at radius 1 is 1.07 bits per heavy atom. The van der Waals surface area contributed by atoms with E-state index in [2.05, 4.69) is 15.6 Å². The van der Waals surface area contributed by atoms with Crippen molar-refractivity contribution in [2.24, 2.45) is 5.92 Å². The number of fused-ring (bicyclic) bond motifs is 1. The molecule has 140 valence electrons. The number of aromatic nitrogens is 1. The molecule has 0 spiro atoms. The quantitative estimate of drug-likeness (QED) is 0.669. The summed E-state index contributed by atoms with van der Waals surface area (Å²) < 4.78 is 6.74. The molecule has 0 aliphatic rings. The third kappa shape index (κ3) is 4.83. The maximum absolute atomic E-state index is 12.5. The SMILES string of the molecule is CC(=O)NC(C(=O)Nc1nc2ccc(Oc3ccccc3)cc2s1)C(C)C. The summed E-state index contributed by atoms with van der Waals surface area (Å²) in [5.74, 6) is 0.906. The molecule has 3 rings (SSSR count). The fourth-order valence-electron chi connectivity index (χ4n) is 2.58. The summed E-state index contributed by atoms with van der Waals surface area (Å²) in [4.78, 5) is 28.3. The number of nitrogens with one attached hydrogen (secondary N) is 2. The van der Waals surface area contributed by atoms with Crippen molar-refractivity contribution in [3.05, 3.63) is 48.5 Å². The average Bonchev–Trinajstić information content (AvgIpc) is 3.01. The lowest BCUT2D eigenvalue weighted by atomic mass is 10.0. The van der Waals surface area contributed by atoms with E-state index in [1.54, 1.807) is 0 Å². The molecule has 0 saturated carbocycles. The number of ether oxygens (including phenoxy) is 1. The molecule has 27 heavy (non-hydrogen) atoms. The number of para-hydroxylation sites is 1. The van der Waals surface area contributed by atoms with E-state index in [1.807, 2.05) is 62.4 Å². The van der Waals surface area contributed by atoms with Gasteiger partial charge in [-0.05, 0) is 30.2 Å². The molecule has 7 heteroatoms. The number of hydrogen-bond acceptors (Lipinski definition) is 5. The predicted molar refractivity (Wildman–Crippen MR) is 107 cm³/mol. The van der Waals surface area contributed by atoms with Gasteiger partial charge in [0.25, 0.3) is 0 Å². The zero-order valence-electron chi connectivity index (χ0n) is 15.4. The number of rotatable bonds is 6. The molecule has 6 nitrogen and oxygen atoms in total. The summed E-state index contributed by atoms with van der Waals surface area (Å²) in [5.41, 5.74) is 0.774. The first-order valence-electron chi connectivity index (χ1n) is 8.64. The Hall–Kier alpha value is -2.93. The smallest absolute Gasteiger partial charge is 0.248 e. The average molecular weight is 383 g/mol. The monoisotopic (exact) mass is 383 g/mol. The van der Waals surface area contributed by atoms with Gasteiger partial charge in [0, 0.05) is 13.0 Å². The second-order valence-electron chi connectivity index (χ2n) is 6.48. The third-order valence-corrected chi connectivity index (χ3v) is 4.81. The van der Waals surface area contributed by atoms with Crippen LogP contribution in [0.2, 0.25) is 0 Å². The van der Waals surface area contributed by atoms with E-state index in [9.17, 15) is 9.59 Å². The van der Waals surface area contributed by atoms with Gasteiger partial charge >= 0.3 is 0 Å². The summed E-state index contributed by atoms with van der Waals surface area (Å²) in [6.45, 7) is 5.16. The Labute approximate surface area is 161 Å². The topological polar surface area (TPSA) is 80.3 Å². The van der Waals surface area contributed by atoms with Gasteiger partial charge in [0.05, 0.1) is 10.2 Å². The van der Waals surface area contributed by atoms with Crippen molar-refractivity contribution < 1.29 is 14.3 Å². The number of thiazole rings is 1. The predicted octanol–water partition coefficient (Wildman–Crippen LogP) is 4.19. The van der Waals surface area contributed by atoms with Gasteiger partial charge in [-0.15, -0.1) is 0 Å². The van der Waals surface area contributed by atoms with Crippen LogP contribution in [0.1, 0.15) is 20.8 Å². The van der Waals surface area contributed by atoms with Crippen LogP contribution in [-0.4, -0.2) is 22.8 Å². The van der Waals surface area contributed by atoms with Crippen LogP contribution in [0.3, 0.4) is 0 Å². The van der Waals surface area contributed by atoms with Crippen LogP contribution >= 0.6 is 11.3 Å². The van der Waals surface area contributed by atoms with Crippen molar-refractivity contribution in [1.29, 1.82) is 0 Å². The van der Waals surface area contributed by atoms with Gasteiger partial charge in [-0.2, -0.15) is 0 Å². The van der Waals surface area contributed by atoms with Crippen LogP contribution in [0.15, 0.2) is 48.5 Å². The molecule has 1 atom stereocenters. The van der Waals surface area contributed by atoms with E-state index in [0.29, 0.717) is 10.9 Å². The summed E-state index contributed by atoms with van der Waals surface area (Å²) in [7, 11) is 0. The number of nitrogens with zero attached hydrogens (tertiary/aromatic N) is 1. The Morgan fingerprint density at radius 3 is 2.48 bits per heavy atom. The summed E-state index contributed by atoms with van der Waals surface area (Å²) >= 11 is 1.36. The highest BCUT2D eigenvalue weighted by Crippen LogP contribution is 2.31. The molecule has 0 aliphatic heterocycles. The maximum atomic E-state index is 12.5. The number of anilines is 1. The number of hydrogen-bond donors (Lipinski definition) is 2. The third-order valence-electron chi connectivity index (χ3n) is 3.88. The zero-order valence-corrected chi connectivity index (χ0v) is 16.2. The zero-order chi connectivity index (χ0) is 19.4. The van der Waals surface area contributed by atoms with E-state index in [-0.39, 0.29) is 17.7 Å². The summed E-state index contributed by atoms with van der Waals surface area (Å²) in [5, 5.41) is 5.96. The minimum atomic E-state index is -0.605. The molecule has 0 bridgehead atoms. The summed E-state index contributed by atoms with van der Waals surface area (Å²) in [6.07, 6.45) is 0. The fraction of sp³-hybridized carbons (Fsp3) is 0.250. The van der Waals surface area contributed by atoms with Crippen LogP contribution in [0.5, 0.6) is 11.5 Å². The van der Waals surface area contributed by atoms with E-state index < -0.39 is 6.04 Å². The van der Waals surface area contributed by atoms with Crippen molar-refractivity contribution in [2.75, 3.05) is 5.32 Å². The Bertz CT molecular complexity index is 954. The van der Waals surface area contributed by atoms with Crippen molar-refractivity contribution in [2.45, 2.75) is 26.8 Å². The molecule has 3 aromatic rings. The van der Waals surface area contributed by atoms with Crippen LogP contribution in [-0.2, 0) is 9.59 Å². The second kappa shape index (κ2) is 8.18. The molecule has 1 heterocycles. The first kappa shape index (κ1) is 18.8. The molecular formula is C20H21N3O3S. The molecule has 2 N–H and O–H groups in total. The Kier molecular flexibility index (Phi) is 5.71. The lowest BCUT2D eigenvalue weighted by Crippen LogP contribution is -2.46. The number of benzene rings is 2. The van der Waals surface area contributed by atoms with Crippen molar-refractivity contribution in [3.63, 3.8) is 0 Å². The molecule has 2 aromatic carbocycles. The van der Waals surface area contributed by atoms with Crippen LogP contribution in [0.4, 0.5) is 5.13 Å². The Balaban J connectivity index is 1.76. The van der Waals surface area contributed by atoms with E-state index in [1.165, 1.54) is 18.3 Å². The lowest BCUT2D eigenvalue weighted by Gasteiger charge is -2.19. The maximum Gasteiger partial charge on any atom is 0.248 e. The first-order chi connectivity index (χ1) is 12.9. The molecule has 1 aromatic heterocycles. The first-order valence-corrected chi connectivity index (χ1v) is 9.45. The number of carbonyl (C=O) groups excluding carboxylic acids is 2. The number of carbonyl (C=O) groups is 2. The van der Waals surface area contributed by atoms with Crippen molar-refractivity contribution >= 4 is 38.5 Å². The standard InChI is InChI=1S/C20H21N3O3S/c1-12(2)18(21-13(3)24)19(25)23-20-22-16-10-9-15(11-17(16)27-20)26-14-7-5-4-6-8-14/h4-12,18H,1-3H3,(H,21,24)(H,22,23,25). The van der Waals surface area contributed by atoms with Gasteiger partial charge in [-0.3, -0.25) is 9.59 Å². The highest BCUT2D eigenvalue weighted by atomic mass is 32.1. The minimum Gasteiger partial charge on any atom is -0.457 e. The van der Waals surface area contributed by atoms with Gasteiger partial charge in [-0.25, -0.2) is 4.98 Å². The largest absolute Gasteiger partial charge is 0.457 e. The highest BCUT2D eigenvalue weighted by molar-refractivity contribution is 7.22. The lowest BCUT2D eigenvalue weighted by molar-refractivity contribution is -0.126. The molecular weight excluding hydrogens is 362 g/mol. The van der Waals surface area contributed by atoms with Crippen molar-refractivity contribution in [1.82, 2.24) is 10.3 Å². The molecule has 0 saturated heterocycles. The van der Waals surface area contributed by atoms with Gasteiger partial charge in [0.15, 0.2) is 5.13 Å². The Morgan fingerprint density at radius 2 is 1.81 bits per heavy atom. The normalized spacial score (nSPS) is 12.0. The number of amides is 2. The van der Waals surface area contributed by atoms with E-state index in [4.69, 9.17) is 4.74 Å². The van der Waals surface area contributed by atoms with E-state index >= 15 is 0 Å². The molecule has 2 amide bonds. The van der Waals surface area contributed by atoms with Gasteiger partial charge in [-0.1, -0.05) is 43.4 Å². The van der Waals surface area contributed by atoms with Gasteiger partial charge in [0.1, 0.15) is 17.5 Å². The molecule has 0 radical (unpaired) electrons. The second-order valence-corrected chi connectivity index (χ2v) is 7.51. The highest BCUT2D eigenvalue weighted by Gasteiger charge is 2.24. The molecule has 1 unspecified atom stereocenters. The van der Waals surface area contributed by atoms with E-state index in [0.717, 1.165) is 16.0 Å². The molecule has 0 aliphatic carbocycles. The fourth-order valence-corrected chi connectivity index (χ4v) is 3.48. The van der Waals surface area contributed by atoms with Crippen LogP contribution < -0.4 is 15.4 Å².